The summed E-state index contributed by atoms with van der Waals surface area (Å²) in [4.78, 5) is 8.56. The Morgan fingerprint density at radius 1 is 1.32 bits per heavy atom. The van der Waals surface area contributed by atoms with Crippen LogP contribution in [-0.4, -0.2) is 15.7 Å². The van der Waals surface area contributed by atoms with Crippen LogP contribution in [0.2, 0.25) is 5.15 Å². The molecule has 0 atom stereocenters. The first-order chi connectivity index (χ1) is 10.6. The highest BCUT2D eigenvalue weighted by molar-refractivity contribution is 7.99. The van der Waals surface area contributed by atoms with E-state index in [4.69, 9.17) is 22.6 Å². The lowest BCUT2D eigenvalue weighted by atomic mass is 10.1. The fraction of sp³-hybridized carbons (Fsp3) is 0.267. The number of halogens is 1. The van der Waals surface area contributed by atoms with Gasteiger partial charge in [0, 0.05) is 12.3 Å². The highest BCUT2D eigenvalue weighted by Crippen LogP contribution is 2.27. The third-order valence-electron chi connectivity index (χ3n) is 2.86. The average Bonchev–Trinajstić information content (AvgIpc) is 2.55. The molecule has 5 nitrogen and oxygen atoms in total. The minimum atomic E-state index is 0.260. The SMILES string of the molecule is CCCSc1nc(Cl)c(N)c(NCc2ccc(C#N)cc2)n1. The van der Waals surface area contributed by atoms with Gasteiger partial charge in [-0.2, -0.15) is 5.26 Å². The van der Waals surface area contributed by atoms with Crippen LogP contribution in [0.5, 0.6) is 0 Å². The predicted octanol–water partition coefficient (Wildman–Crippen LogP) is 3.70. The van der Waals surface area contributed by atoms with E-state index in [1.54, 1.807) is 23.9 Å². The molecule has 114 valence electrons. The minimum absolute atomic E-state index is 0.260. The molecule has 0 spiro atoms. The summed E-state index contributed by atoms with van der Waals surface area (Å²) in [6.45, 7) is 2.64. The van der Waals surface area contributed by atoms with Crippen molar-refractivity contribution in [3.8, 4) is 6.07 Å². The molecule has 0 saturated carbocycles. The topological polar surface area (TPSA) is 87.6 Å². The minimum Gasteiger partial charge on any atom is -0.393 e. The number of hydrogen-bond donors (Lipinski definition) is 2. The Bertz CT molecular complexity index is 682. The smallest absolute Gasteiger partial charge is 0.191 e. The number of hydrogen-bond acceptors (Lipinski definition) is 6. The maximum absolute atomic E-state index is 8.79. The van der Waals surface area contributed by atoms with Gasteiger partial charge in [0.05, 0.1) is 11.6 Å². The van der Waals surface area contributed by atoms with Gasteiger partial charge >= 0.3 is 0 Å². The number of rotatable bonds is 6. The van der Waals surface area contributed by atoms with Gasteiger partial charge in [-0.1, -0.05) is 42.4 Å². The molecule has 1 aromatic carbocycles. The first kappa shape index (κ1) is 16.4. The summed E-state index contributed by atoms with van der Waals surface area (Å²) >= 11 is 7.60. The number of nitrogens with one attached hydrogen (secondary N) is 1. The van der Waals surface area contributed by atoms with Crippen LogP contribution in [0.4, 0.5) is 11.5 Å². The fourth-order valence-electron chi connectivity index (χ4n) is 1.70. The van der Waals surface area contributed by atoms with Crippen LogP contribution >= 0.6 is 23.4 Å². The van der Waals surface area contributed by atoms with E-state index in [0.29, 0.717) is 28.8 Å². The van der Waals surface area contributed by atoms with Gasteiger partial charge in [-0.25, -0.2) is 9.97 Å². The Morgan fingerprint density at radius 2 is 2.05 bits per heavy atom. The van der Waals surface area contributed by atoms with Crippen LogP contribution in [0, 0.1) is 11.3 Å². The molecule has 0 bridgehead atoms. The molecule has 1 aromatic heterocycles. The number of aromatic nitrogens is 2. The van der Waals surface area contributed by atoms with Gasteiger partial charge in [0.15, 0.2) is 16.1 Å². The van der Waals surface area contributed by atoms with Gasteiger partial charge in [0.2, 0.25) is 0 Å². The van der Waals surface area contributed by atoms with Crippen molar-refractivity contribution in [3.05, 3.63) is 40.5 Å². The summed E-state index contributed by atoms with van der Waals surface area (Å²) in [5.74, 6) is 1.46. The molecule has 0 fully saturated rings. The van der Waals surface area contributed by atoms with E-state index >= 15 is 0 Å². The lowest BCUT2D eigenvalue weighted by molar-refractivity contribution is 0.953. The number of benzene rings is 1. The van der Waals surface area contributed by atoms with Crippen LogP contribution in [0.15, 0.2) is 29.4 Å². The molecule has 0 aliphatic rings. The lowest BCUT2D eigenvalue weighted by Gasteiger charge is -2.11. The predicted molar refractivity (Wildman–Crippen MR) is 91.0 cm³/mol. The lowest BCUT2D eigenvalue weighted by Crippen LogP contribution is -2.07. The highest BCUT2D eigenvalue weighted by atomic mass is 35.5. The molecule has 22 heavy (non-hydrogen) atoms. The normalized spacial score (nSPS) is 10.2. The average molecular weight is 334 g/mol. The summed E-state index contributed by atoms with van der Waals surface area (Å²) < 4.78 is 0. The fourth-order valence-corrected chi connectivity index (χ4v) is 2.62. The monoisotopic (exact) mass is 333 g/mol. The number of nitrogen functional groups attached to an aromatic ring is 1. The van der Waals surface area contributed by atoms with Crippen LogP contribution in [0.1, 0.15) is 24.5 Å². The van der Waals surface area contributed by atoms with E-state index < -0.39 is 0 Å². The Kier molecular flexibility index (Phi) is 5.87. The van der Waals surface area contributed by atoms with Crippen LogP contribution in [-0.2, 0) is 6.54 Å². The zero-order valence-electron chi connectivity index (χ0n) is 12.1. The van der Waals surface area contributed by atoms with E-state index in [-0.39, 0.29) is 5.15 Å². The standard InChI is InChI=1S/C15H16ClN5S/c1-2-7-22-15-20-13(16)12(18)14(21-15)19-9-11-5-3-10(8-17)4-6-11/h3-6H,2,7,9,18H2,1H3,(H,19,20,21). The Balaban J connectivity index is 2.10. The number of nitrogens with zero attached hydrogens (tertiary/aromatic N) is 3. The third kappa shape index (κ3) is 4.26. The van der Waals surface area contributed by atoms with E-state index in [9.17, 15) is 0 Å². The molecule has 2 aromatic rings. The van der Waals surface area contributed by atoms with Crippen molar-refractivity contribution in [2.45, 2.75) is 25.0 Å². The summed E-state index contributed by atoms with van der Waals surface area (Å²) in [6, 6.07) is 9.41. The molecule has 0 amide bonds. The number of nitriles is 1. The van der Waals surface area contributed by atoms with Crippen LogP contribution in [0.25, 0.3) is 0 Å². The molecule has 7 heteroatoms. The van der Waals surface area contributed by atoms with Gasteiger partial charge in [-0.15, -0.1) is 0 Å². The van der Waals surface area contributed by atoms with Gasteiger partial charge in [-0.05, 0) is 24.1 Å². The van der Waals surface area contributed by atoms with E-state index in [1.807, 2.05) is 12.1 Å². The van der Waals surface area contributed by atoms with Gasteiger partial charge in [0.1, 0.15) is 5.69 Å². The second kappa shape index (κ2) is 7.87. The molecular weight excluding hydrogens is 318 g/mol. The van der Waals surface area contributed by atoms with Crippen LogP contribution < -0.4 is 11.1 Å². The van der Waals surface area contributed by atoms with Crippen molar-refractivity contribution in [2.24, 2.45) is 0 Å². The molecule has 0 aliphatic heterocycles. The van der Waals surface area contributed by atoms with E-state index in [0.717, 1.165) is 17.7 Å². The Morgan fingerprint density at radius 3 is 2.68 bits per heavy atom. The van der Waals surface area contributed by atoms with Gasteiger partial charge in [0.25, 0.3) is 0 Å². The first-order valence-electron chi connectivity index (χ1n) is 6.82. The van der Waals surface area contributed by atoms with E-state index in [1.165, 1.54) is 0 Å². The number of anilines is 2. The van der Waals surface area contributed by atoms with E-state index in [2.05, 4.69) is 28.3 Å². The summed E-state index contributed by atoms with van der Waals surface area (Å²) in [7, 11) is 0. The second-order valence-electron chi connectivity index (χ2n) is 4.57. The van der Waals surface area contributed by atoms with Crippen molar-refractivity contribution in [2.75, 3.05) is 16.8 Å². The maximum Gasteiger partial charge on any atom is 0.191 e. The number of nitrogens with two attached hydrogens (primary N) is 1. The molecule has 0 saturated heterocycles. The van der Waals surface area contributed by atoms with Crippen molar-refractivity contribution in [1.29, 1.82) is 5.26 Å². The molecule has 0 aliphatic carbocycles. The zero-order chi connectivity index (χ0) is 15.9. The van der Waals surface area contributed by atoms with Crippen molar-refractivity contribution >= 4 is 34.9 Å². The second-order valence-corrected chi connectivity index (χ2v) is 5.99. The first-order valence-corrected chi connectivity index (χ1v) is 8.19. The number of thioether (sulfide) groups is 1. The molecule has 2 rings (SSSR count). The van der Waals surface area contributed by atoms with Crippen LogP contribution in [0.3, 0.4) is 0 Å². The molecular formula is C15H16ClN5S. The Hall–Kier alpha value is -1.97. The maximum atomic E-state index is 8.79. The highest BCUT2D eigenvalue weighted by Gasteiger charge is 2.10. The van der Waals surface area contributed by atoms with Crippen molar-refractivity contribution in [3.63, 3.8) is 0 Å². The molecule has 3 N–H and O–H groups in total. The third-order valence-corrected chi connectivity index (χ3v) is 4.20. The van der Waals surface area contributed by atoms with Gasteiger partial charge < -0.3 is 11.1 Å². The molecule has 0 unspecified atom stereocenters. The quantitative estimate of drug-likeness (QED) is 0.476. The summed E-state index contributed by atoms with van der Waals surface area (Å²) in [6.07, 6.45) is 1.03. The summed E-state index contributed by atoms with van der Waals surface area (Å²) in [5, 5.41) is 12.8. The van der Waals surface area contributed by atoms with Crippen molar-refractivity contribution < 1.29 is 0 Å². The zero-order valence-corrected chi connectivity index (χ0v) is 13.7. The van der Waals surface area contributed by atoms with Gasteiger partial charge in [-0.3, -0.25) is 0 Å². The Labute approximate surface area is 138 Å². The molecule has 1 heterocycles. The van der Waals surface area contributed by atoms with Crippen molar-refractivity contribution in [1.82, 2.24) is 9.97 Å². The largest absolute Gasteiger partial charge is 0.393 e. The summed E-state index contributed by atoms with van der Waals surface area (Å²) in [5.41, 5.74) is 7.92. The molecule has 0 radical (unpaired) electrons.